The number of hydrogen-bond acceptors (Lipinski definition) is 5. The lowest BCUT2D eigenvalue weighted by molar-refractivity contribution is 0.0693. The summed E-state index contributed by atoms with van der Waals surface area (Å²) in [5.41, 5.74) is 2.44. The van der Waals surface area contributed by atoms with E-state index in [0.717, 1.165) is 16.3 Å². The van der Waals surface area contributed by atoms with Gasteiger partial charge in [0.25, 0.3) is 11.8 Å². The number of carbonyl (C=O) groups excluding carboxylic acids is 2. The van der Waals surface area contributed by atoms with Crippen molar-refractivity contribution in [2.45, 2.75) is 13.0 Å². The van der Waals surface area contributed by atoms with Crippen LogP contribution in [0.3, 0.4) is 0 Å². The van der Waals surface area contributed by atoms with E-state index in [0.29, 0.717) is 11.1 Å². The number of aromatic nitrogens is 2. The van der Waals surface area contributed by atoms with Crippen molar-refractivity contribution in [1.29, 1.82) is 0 Å². The largest absolute Gasteiger partial charge is 0.377 e. The van der Waals surface area contributed by atoms with Crippen LogP contribution < -0.4 is 5.32 Å². The van der Waals surface area contributed by atoms with Crippen LogP contribution in [0.5, 0.6) is 0 Å². The van der Waals surface area contributed by atoms with Gasteiger partial charge in [-0.1, -0.05) is 0 Å². The molecule has 3 rings (SSSR count). The summed E-state index contributed by atoms with van der Waals surface area (Å²) in [7, 11) is 1.49. The first-order valence-electron chi connectivity index (χ1n) is 6.57. The third-order valence-electron chi connectivity index (χ3n) is 3.50. The van der Waals surface area contributed by atoms with Gasteiger partial charge in [0.2, 0.25) is 0 Å². The van der Waals surface area contributed by atoms with Crippen LogP contribution in [0.25, 0.3) is 0 Å². The molecule has 0 saturated carbocycles. The maximum Gasteiger partial charge on any atom is 0.261 e. The average Bonchev–Trinajstić information content (AvgIpc) is 2.73. The van der Waals surface area contributed by atoms with Crippen molar-refractivity contribution < 1.29 is 9.59 Å². The molecule has 0 saturated heterocycles. The van der Waals surface area contributed by atoms with E-state index in [-0.39, 0.29) is 17.9 Å². The Morgan fingerprint density at radius 2 is 1.90 bits per heavy atom. The highest BCUT2D eigenvalue weighted by Crippen LogP contribution is 2.26. The first-order valence-corrected chi connectivity index (χ1v) is 6.57. The van der Waals surface area contributed by atoms with Crippen LogP contribution in [0.1, 0.15) is 39.4 Å². The van der Waals surface area contributed by atoms with E-state index in [4.69, 9.17) is 0 Å². The van der Waals surface area contributed by atoms with Crippen LogP contribution in [-0.4, -0.2) is 33.7 Å². The third kappa shape index (κ3) is 2.24. The average molecular weight is 282 g/mol. The number of anilines is 1. The summed E-state index contributed by atoms with van der Waals surface area (Å²) in [6.07, 6.45) is 4.94. The summed E-state index contributed by atoms with van der Waals surface area (Å²) in [4.78, 5) is 33.2. The first-order chi connectivity index (χ1) is 10.1. The summed E-state index contributed by atoms with van der Waals surface area (Å²) in [5.74, 6) is -0.533. The van der Waals surface area contributed by atoms with Gasteiger partial charge < -0.3 is 5.32 Å². The third-order valence-corrected chi connectivity index (χ3v) is 3.50. The smallest absolute Gasteiger partial charge is 0.261 e. The van der Waals surface area contributed by atoms with Crippen molar-refractivity contribution in [3.8, 4) is 0 Å². The highest BCUT2D eigenvalue weighted by atomic mass is 16.2. The van der Waals surface area contributed by atoms with E-state index in [2.05, 4.69) is 15.3 Å². The SMILES string of the molecule is CC(Nc1ccc2c(c1)C(=O)N(C)C2=O)c1cnccn1. The lowest BCUT2D eigenvalue weighted by Gasteiger charge is -2.14. The van der Waals surface area contributed by atoms with Gasteiger partial charge in [-0.15, -0.1) is 0 Å². The normalized spacial score (nSPS) is 15.0. The van der Waals surface area contributed by atoms with Crippen LogP contribution >= 0.6 is 0 Å². The van der Waals surface area contributed by atoms with E-state index in [1.165, 1.54) is 7.05 Å². The number of carbonyl (C=O) groups is 2. The van der Waals surface area contributed by atoms with Gasteiger partial charge in [0.05, 0.1) is 29.1 Å². The minimum Gasteiger partial charge on any atom is -0.377 e. The van der Waals surface area contributed by atoms with E-state index in [1.807, 2.05) is 6.92 Å². The van der Waals surface area contributed by atoms with E-state index < -0.39 is 0 Å². The standard InChI is InChI=1S/C15H14N4O2/c1-9(13-8-16-5-6-17-13)18-10-3-4-11-12(7-10)15(21)19(2)14(11)20/h3-9,18H,1-2H3. The van der Waals surface area contributed by atoms with Gasteiger partial charge in [-0.3, -0.25) is 24.5 Å². The van der Waals surface area contributed by atoms with Crippen molar-refractivity contribution in [1.82, 2.24) is 14.9 Å². The van der Waals surface area contributed by atoms with Gasteiger partial charge in [-0.05, 0) is 25.1 Å². The van der Waals surface area contributed by atoms with E-state index in [1.54, 1.807) is 36.8 Å². The molecule has 2 amide bonds. The lowest BCUT2D eigenvalue weighted by Crippen LogP contribution is -2.24. The van der Waals surface area contributed by atoms with Crippen molar-refractivity contribution in [2.24, 2.45) is 0 Å². The number of nitrogens with one attached hydrogen (secondary N) is 1. The van der Waals surface area contributed by atoms with Gasteiger partial charge in [-0.2, -0.15) is 0 Å². The molecule has 0 bridgehead atoms. The highest BCUT2D eigenvalue weighted by molar-refractivity contribution is 6.21. The van der Waals surface area contributed by atoms with E-state index >= 15 is 0 Å². The molecule has 6 heteroatoms. The predicted molar refractivity (Wildman–Crippen MR) is 76.9 cm³/mol. The Kier molecular flexibility index (Phi) is 3.13. The molecule has 1 aliphatic rings. The lowest BCUT2D eigenvalue weighted by atomic mass is 10.1. The van der Waals surface area contributed by atoms with Crippen molar-refractivity contribution >= 4 is 17.5 Å². The monoisotopic (exact) mass is 282 g/mol. The maximum absolute atomic E-state index is 12.0. The Balaban J connectivity index is 1.86. The highest BCUT2D eigenvalue weighted by Gasteiger charge is 2.32. The predicted octanol–water partition coefficient (Wildman–Crippen LogP) is 1.88. The Morgan fingerprint density at radius 1 is 1.14 bits per heavy atom. The topological polar surface area (TPSA) is 75.2 Å². The molecule has 6 nitrogen and oxygen atoms in total. The molecule has 1 aromatic carbocycles. The van der Waals surface area contributed by atoms with Gasteiger partial charge in [0.15, 0.2) is 0 Å². The summed E-state index contributed by atoms with van der Waals surface area (Å²) in [6, 6.07) is 5.11. The summed E-state index contributed by atoms with van der Waals surface area (Å²) < 4.78 is 0. The summed E-state index contributed by atoms with van der Waals surface area (Å²) in [6.45, 7) is 1.95. The van der Waals surface area contributed by atoms with Gasteiger partial charge in [-0.25, -0.2) is 0 Å². The molecule has 0 fully saturated rings. The Hall–Kier alpha value is -2.76. The second-order valence-electron chi connectivity index (χ2n) is 4.93. The molecule has 1 aliphatic heterocycles. The number of imide groups is 1. The van der Waals surface area contributed by atoms with Gasteiger partial charge in [0.1, 0.15) is 0 Å². The number of fused-ring (bicyclic) bond motifs is 1. The summed E-state index contributed by atoms with van der Waals surface area (Å²) >= 11 is 0. The molecule has 0 radical (unpaired) electrons. The molecule has 0 spiro atoms. The van der Waals surface area contributed by atoms with Crippen molar-refractivity contribution in [3.63, 3.8) is 0 Å². The van der Waals surface area contributed by atoms with Crippen LogP contribution in [-0.2, 0) is 0 Å². The van der Waals surface area contributed by atoms with Crippen LogP contribution in [0.2, 0.25) is 0 Å². The van der Waals surface area contributed by atoms with Gasteiger partial charge >= 0.3 is 0 Å². The molecule has 0 aliphatic carbocycles. The second-order valence-corrected chi connectivity index (χ2v) is 4.93. The quantitative estimate of drug-likeness (QED) is 0.870. The zero-order chi connectivity index (χ0) is 15.0. The minimum atomic E-state index is -0.272. The number of nitrogens with zero attached hydrogens (tertiary/aromatic N) is 3. The van der Waals surface area contributed by atoms with Crippen molar-refractivity contribution in [3.05, 3.63) is 53.6 Å². The first kappa shape index (κ1) is 13.2. The zero-order valence-corrected chi connectivity index (χ0v) is 11.7. The molecule has 1 N–H and O–H groups in total. The molecular formula is C15H14N4O2. The Bertz CT molecular complexity index is 715. The number of hydrogen-bond donors (Lipinski definition) is 1. The molecule has 2 aromatic rings. The number of benzene rings is 1. The fourth-order valence-electron chi connectivity index (χ4n) is 2.31. The van der Waals surface area contributed by atoms with Gasteiger partial charge in [0, 0.05) is 25.1 Å². The van der Waals surface area contributed by atoms with E-state index in [9.17, 15) is 9.59 Å². The maximum atomic E-state index is 12.0. The molecule has 1 aromatic heterocycles. The molecule has 2 heterocycles. The number of rotatable bonds is 3. The Labute approximate surface area is 121 Å². The fraction of sp³-hybridized carbons (Fsp3) is 0.200. The van der Waals surface area contributed by atoms with Crippen LogP contribution in [0.15, 0.2) is 36.8 Å². The molecule has 1 unspecified atom stereocenters. The molecule has 106 valence electrons. The fourth-order valence-corrected chi connectivity index (χ4v) is 2.31. The van der Waals surface area contributed by atoms with Crippen LogP contribution in [0, 0.1) is 0 Å². The van der Waals surface area contributed by atoms with Crippen LogP contribution in [0.4, 0.5) is 5.69 Å². The minimum absolute atomic E-state index is 0.0540. The van der Waals surface area contributed by atoms with Crippen molar-refractivity contribution in [2.75, 3.05) is 12.4 Å². The Morgan fingerprint density at radius 3 is 2.62 bits per heavy atom. The molecular weight excluding hydrogens is 268 g/mol. The number of amides is 2. The molecule has 1 atom stereocenters. The second kappa shape index (κ2) is 4.97. The molecule has 21 heavy (non-hydrogen) atoms. The zero-order valence-electron chi connectivity index (χ0n) is 11.7. The summed E-state index contributed by atoms with van der Waals surface area (Å²) in [5, 5.41) is 3.25.